The van der Waals surface area contributed by atoms with Crippen LogP contribution in [-0.4, -0.2) is 21.1 Å². The standard InChI is InChI=1S/C16H17N3OS/c1-3-20-14-9-6-8-13-15(14)18-16(21)19(13)11(2)12-7-4-5-10-17-12/h4-11H,3H2,1-2H3,(H,18,21). The van der Waals surface area contributed by atoms with Gasteiger partial charge in [0.2, 0.25) is 0 Å². The van der Waals surface area contributed by atoms with Crippen LogP contribution in [0.1, 0.15) is 25.6 Å². The number of ether oxygens (including phenoxy) is 1. The molecule has 21 heavy (non-hydrogen) atoms. The molecule has 0 aliphatic carbocycles. The molecule has 0 spiro atoms. The predicted molar refractivity (Wildman–Crippen MR) is 86.3 cm³/mol. The molecule has 0 saturated heterocycles. The second-order valence-electron chi connectivity index (χ2n) is 4.81. The van der Waals surface area contributed by atoms with Crippen LogP contribution in [0.25, 0.3) is 11.0 Å². The van der Waals surface area contributed by atoms with Crippen LogP contribution in [0.15, 0.2) is 42.6 Å². The zero-order chi connectivity index (χ0) is 14.8. The smallest absolute Gasteiger partial charge is 0.178 e. The summed E-state index contributed by atoms with van der Waals surface area (Å²) >= 11 is 5.50. The van der Waals surface area contributed by atoms with Gasteiger partial charge in [-0.05, 0) is 50.3 Å². The van der Waals surface area contributed by atoms with Crippen molar-refractivity contribution in [1.29, 1.82) is 0 Å². The molecule has 1 unspecified atom stereocenters. The number of nitrogens with one attached hydrogen (secondary N) is 1. The zero-order valence-electron chi connectivity index (χ0n) is 12.0. The monoisotopic (exact) mass is 299 g/mol. The predicted octanol–water partition coefficient (Wildman–Crippen LogP) is 4.10. The highest BCUT2D eigenvalue weighted by molar-refractivity contribution is 7.71. The molecule has 0 fully saturated rings. The Kier molecular flexibility index (Phi) is 3.75. The maximum atomic E-state index is 5.67. The van der Waals surface area contributed by atoms with Crippen molar-refractivity contribution >= 4 is 23.3 Å². The number of hydrogen-bond acceptors (Lipinski definition) is 3. The number of H-pyrrole nitrogens is 1. The molecule has 0 radical (unpaired) electrons. The van der Waals surface area contributed by atoms with Crippen molar-refractivity contribution in [3.05, 3.63) is 53.1 Å². The number of aromatic amines is 1. The quantitative estimate of drug-likeness (QED) is 0.737. The van der Waals surface area contributed by atoms with Crippen molar-refractivity contribution < 1.29 is 4.74 Å². The zero-order valence-corrected chi connectivity index (χ0v) is 12.9. The van der Waals surface area contributed by atoms with Gasteiger partial charge in [-0.2, -0.15) is 0 Å². The van der Waals surface area contributed by atoms with Crippen molar-refractivity contribution in [3.8, 4) is 5.75 Å². The summed E-state index contributed by atoms with van der Waals surface area (Å²) in [5.41, 5.74) is 2.95. The minimum atomic E-state index is 0.0596. The number of pyridine rings is 1. The Morgan fingerprint density at radius 2 is 2.14 bits per heavy atom. The number of nitrogens with zero attached hydrogens (tertiary/aromatic N) is 2. The molecule has 2 heterocycles. The fourth-order valence-corrected chi connectivity index (χ4v) is 2.90. The molecule has 1 atom stereocenters. The van der Waals surface area contributed by atoms with E-state index in [2.05, 4.69) is 21.5 Å². The molecule has 4 nitrogen and oxygen atoms in total. The van der Waals surface area contributed by atoms with E-state index in [0.717, 1.165) is 22.5 Å². The van der Waals surface area contributed by atoms with Crippen LogP contribution in [0, 0.1) is 4.77 Å². The largest absolute Gasteiger partial charge is 0.492 e. The van der Waals surface area contributed by atoms with Gasteiger partial charge in [0.1, 0.15) is 11.3 Å². The van der Waals surface area contributed by atoms with Gasteiger partial charge in [0.25, 0.3) is 0 Å². The van der Waals surface area contributed by atoms with E-state index in [9.17, 15) is 0 Å². The summed E-state index contributed by atoms with van der Waals surface area (Å²) in [5, 5.41) is 0. The molecule has 5 heteroatoms. The number of rotatable bonds is 4. The molecule has 3 rings (SSSR count). The van der Waals surface area contributed by atoms with Crippen molar-refractivity contribution in [2.75, 3.05) is 6.61 Å². The van der Waals surface area contributed by atoms with Gasteiger partial charge >= 0.3 is 0 Å². The first kappa shape index (κ1) is 13.8. The number of para-hydroxylation sites is 1. The van der Waals surface area contributed by atoms with Crippen LogP contribution in [0.2, 0.25) is 0 Å². The Morgan fingerprint density at radius 1 is 1.29 bits per heavy atom. The minimum Gasteiger partial charge on any atom is -0.492 e. The minimum absolute atomic E-state index is 0.0596. The Hall–Kier alpha value is -2.14. The summed E-state index contributed by atoms with van der Waals surface area (Å²) in [5.74, 6) is 0.827. The van der Waals surface area contributed by atoms with Crippen LogP contribution in [-0.2, 0) is 0 Å². The Morgan fingerprint density at radius 3 is 2.86 bits per heavy atom. The summed E-state index contributed by atoms with van der Waals surface area (Å²) < 4.78 is 8.42. The molecule has 108 valence electrons. The van der Waals surface area contributed by atoms with Crippen molar-refractivity contribution in [1.82, 2.24) is 14.5 Å². The van der Waals surface area contributed by atoms with Crippen LogP contribution in [0.4, 0.5) is 0 Å². The molecule has 1 N–H and O–H groups in total. The van der Waals surface area contributed by atoms with Gasteiger partial charge in [-0.15, -0.1) is 0 Å². The van der Waals surface area contributed by atoms with E-state index in [-0.39, 0.29) is 6.04 Å². The van der Waals surface area contributed by atoms with E-state index < -0.39 is 0 Å². The van der Waals surface area contributed by atoms with Gasteiger partial charge < -0.3 is 14.3 Å². The Bertz CT molecular complexity index is 807. The second kappa shape index (κ2) is 5.69. The lowest BCUT2D eigenvalue weighted by molar-refractivity contribution is 0.343. The maximum Gasteiger partial charge on any atom is 0.178 e. The van der Waals surface area contributed by atoms with Gasteiger partial charge in [-0.3, -0.25) is 4.98 Å². The van der Waals surface area contributed by atoms with Gasteiger partial charge in [0.05, 0.1) is 23.9 Å². The van der Waals surface area contributed by atoms with E-state index in [0.29, 0.717) is 11.4 Å². The van der Waals surface area contributed by atoms with Gasteiger partial charge in [0, 0.05) is 6.20 Å². The Balaban J connectivity index is 2.17. The van der Waals surface area contributed by atoms with Gasteiger partial charge in [-0.25, -0.2) is 0 Å². The average molecular weight is 299 g/mol. The third kappa shape index (κ3) is 2.45. The third-order valence-electron chi connectivity index (χ3n) is 3.52. The number of fused-ring (bicyclic) bond motifs is 1. The molecule has 1 aromatic carbocycles. The van der Waals surface area contributed by atoms with E-state index in [4.69, 9.17) is 17.0 Å². The molecule has 0 aliphatic heterocycles. The molecule has 2 aromatic heterocycles. The average Bonchev–Trinajstić information content (AvgIpc) is 2.85. The molecular weight excluding hydrogens is 282 g/mol. The first-order valence-electron chi connectivity index (χ1n) is 6.99. The van der Waals surface area contributed by atoms with Crippen molar-refractivity contribution in [3.63, 3.8) is 0 Å². The molecular formula is C16H17N3OS. The highest BCUT2D eigenvalue weighted by atomic mass is 32.1. The topological polar surface area (TPSA) is 42.8 Å². The highest BCUT2D eigenvalue weighted by Gasteiger charge is 2.15. The SMILES string of the molecule is CCOc1cccc2c1[nH]c(=S)n2C(C)c1ccccn1. The van der Waals surface area contributed by atoms with Crippen LogP contribution in [0.3, 0.4) is 0 Å². The number of benzene rings is 1. The normalized spacial score (nSPS) is 12.5. The summed E-state index contributed by atoms with van der Waals surface area (Å²) in [6, 6.07) is 12.0. The number of aromatic nitrogens is 3. The van der Waals surface area contributed by atoms with Gasteiger partial charge in [0.15, 0.2) is 4.77 Å². The van der Waals surface area contributed by atoms with E-state index in [1.165, 1.54) is 0 Å². The molecule has 0 amide bonds. The Labute approximate surface area is 128 Å². The van der Waals surface area contributed by atoms with Crippen molar-refractivity contribution in [2.45, 2.75) is 19.9 Å². The van der Waals surface area contributed by atoms with Crippen molar-refractivity contribution in [2.24, 2.45) is 0 Å². The number of imidazole rings is 1. The maximum absolute atomic E-state index is 5.67. The third-order valence-corrected chi connectivity index (χ3v) is 3.82. The van der Waals surface area contributed by atoms with Crippen LogP contribution < -0.4 is 4.74 Å². The fraction of sp³-hybridized carbons (Fsp3) is 0.250. The second-order valence-corrected chi connectivity index (χ2v) is 5.20. The fourth-order valence-electron chi connectivity index (χ4n) is 2.54. The summed E-state index contributed by atoms with van der Waals surface area (Å²) in [6.45, 7) is 4.69. The lowest BCUT2D eigenvalue weighted by Crippen LogP contribution is -2.08. The van der Waals surface area contributed by atoms with E-state index in [1.807, 2.05) is 43.3 Å². The summed E-state index contributed by atoms with van der Waals surface area (Å²) in [6.07, 6.45) is 1.80. The summed E-state index contributed by atoms with van der Waals surface area (Å²) in [4.78, 5) is 7.69. The highest BCUT2D eigenvalue weighted by Crippen LogP contribution is 2.28. The molecule has 0 aliphatic rings. The van der Waals surface area contributed by atoms with Gasteiger partial charge in [-0.1, -0.05) is 12.1 Å². The van der Waals surface area contributed by atoms with E-state index >= 15 is 0 Å². The van der Waals surface area contributed by atoms with Crippen LogP contribution in [0.5, 0.6) is 5.75 Å². The summed E-state index contributed by atoms with van der Waals surface area (Å²) in [7, 11) is 0. The van der Waals surface area contributed by atoms with E-state index in [1.54, 1.807) is 6.20 Å². The van der Waals surface area contributed by atoms with Crippen LogP contribution >= 0.6 is 12.2 Å². The molecule has 3 aromatic rings. The lowest BCUT2D eigenvalue weighted by Gasteiger charge is -2.14. The first-order chi connectivity index (χ1) is 10.2. The number of hydrogen-bond donors (Lipinski definition) is 1. The molecule has 0 bridgehead atoms. The first-order valence-corrected chi connectivity index (χ1v) is 7.40. The molecule has 0 saturated carbocycles. The lowest BCUT2D eigenvalue weighted by atomic mass is 10.2.